The summed E-state index contributed by atoms with van der Waals surface area (Å²) >= 11 is 5.88. The van der Waals surface area contributed by atoms with E-state index in [-0.39, 0.29) is 10.8 Å². The number of nitrogens with one attached hydrogen (secondary N) is 1. The van der Waals surface area contributed by atoms with Crippen LogP contribution < -0.4 is 5.32 Å². The van der Waals surface area contributed by atoms with E-state index in [0.29, 0.717) is 22.7 Å². The van der Waals surface area contributed by atoms with Gasteiger partial charge in [0.15, 0.2) is 17.0 Å². The highest BCUT2D eigenvalue weighted by Gasteiger charge is 2.12. The first-order valence-corrected chi connectivity index (χ1v) is 6.42. The maximum absolute atomic E-state index is 12.5. The van der Waals surface area contributed by atoms with Gasteiger partial charge in [-0.1, -0.05) is 12.1 Å². The van der Waals surface area contributed by atoms with E-state index < -0.39 is 6.43 Å². The number of aryl methyl sites for hydroxylation is 1. The molecule has 1 aromatic carbocycles. The molecule has 0 radical (unpaired) electrons. The molecule has 0 atom stereocenters. The second-order valence-electron chi connectivity index (χ2n) is 4.42. The van der Waals surface area contributed by atoms with Gasteiger partial charge >= 0.3 is 0 Å². The van der Waals surface area contributed by atoms with Gasteiger partial charge in [0.05, 0.1) is 6.33 Å². The first-order valence-electron chi connectivity index (χ1n) is 6.04. The molecule has 0 fully saturated rings. The number of hydrogen-bond acceptors (Lipinski definition) is 4. The zero-order valence-corrected chi connectivity index (χ0v) is 11.6. The van der Waals surface area contributed by atoms with Crippen LogP contribution in [0.2, 0.25) is 5.28 Å². The van der Waals surface area contributed by atoms with E-state index in [0.717, 1.165) is 0 Å². The third-order valence-electron chi connectivity index (χ3n) is 2.96. The van der Waals surface area contributed by atoms with Gasteiger partial charge in [-0.25, -0.2) is 13.8 Å². The predicted molar refractivity (Wildman–Crippen MR) is 76.0 cm³/mol. The van der Waals surface area contributed by atoms with E-state index in [1.165, 1.54) is 12.1 Å². The number of rotatable bonds is 3. The Balaban J connectivity index is 1.97. The molecule has 0 aliphatic rings. The van der Waals surface area contributed by atoms with Gasteiger partial charge in [-0.2, -0.15) is 9.97 Å². The van der Waals surface area contributed by atoms with Crippen LogP contribution in [0.4, 0.5) is 20.3 Å². The molecule has 5 nitrogen and oxygen atoms in total. The van der Waals surface area contributed by atoms with Crippen LogP contribution in [0, 0.1) is 0 Å². The second kappa shape index (κ2) is 5.25. The fraction of sp³-hybridized carbons (Fsp3) is 0.154. The average Bonchev–Trinajstić information content (AvgIpc) is 2.81. The van der Waals surface area contributed by atoms with Gasteiger partial charge in [0.1, 0.15) is 0 Å². The van der Waals surface area contributed by atoms with Crippen LogP contribution in [-0.2, 0) is 7.05 Å². The minimum Gasteiger partial charge on any atom is -0.338 e. The van der Waals surface area contributed by atoms with Crippen LogP contribution in [-0.4, -0.2) is 19.5 Å². The Bertz CT molecular complexity index is 785. The summed E-state index contributed by atoms with van der Waals surface area (Å²) < 4.78 is 26.8. The molecule has 0 saturated carbocycles. The molecule has 0 saturated heterocycles. The molecule has 8 heteroatoms. The number of imidazole rings is 1. The molecule has 108 valence electrons. The maximum Gasteiger partial charge on any atom is 0.263 e. The van der Waals surface area contributed by atoms with Crippen molar-refractivity contribution < 1.29 is 8.78 Å². The molecule has 0 unspecified atom stereocenters. The standard InChI is InChI=1S/C13H10ClF2N5/c1-21-6-17-9-11(19-13(14)20-12(9)21)18-8-4-2-7(3-5-8)10(15)16/h2-6,10H,1H3,(H,18,19,20). The first kappa shape index (κ1) is 13.7. The van der Waals surface area contributed by atoms with Crippen LogP contribution in [0.15, 0.2) is 30.6 Å². The van der Waals surface area contributed by atoms with E-state index in [1.54, 1.807) is 30.1 Å². The van der Waals surface area contributed by atoms with E-state index >= 15 is 0 Å². The number of halogens is 3. The van der Waals surface area contributed by atoms with Gasteiger partial charge in [0.2, 0.25) is 5.28 Å². The third-order valence-corrected chi connectivity index (χ3v) is 3.13. The van der Waals surface area contributed by atoms with Crippen molar-refractivity contribution in [3.8, 4) is 0 Å². The molecular formula is C13H10ClF2N5. The minimum absolute atomic E-state index is 0.0377. The van der Waals surface area contributed by atoms with Gasteiger partial charge in [-0.3, -0.25) is 0 Å². The van der Waals surface area contributed by atoms with Gasteiger partial charge < -0.3 is 9.88 Å². The minimum atomic E-state index is -2.49. The second-order valence-corrected chi connectivity index (χ2v) is 4.75. The zero-order valence-electron chi connectivity index (χ0n) is 10.9. The molecule has 0 aliphatic carbocycles. The number of hydrogen-bond donors (Lipinski definition) is 1. The summed E-state index contributed by atoms with van der Waals surface area (Å²) in [5.41, 5.74) is 1.71. The molecule has 3 aromatic rings. The summed E-state index contributed by atoms with van der Waals surface area (Å²) in [6, 6.07) is 5.80. The van der Waals surface area contributed by atoms with Crippen molar-refractivity contribution in [2.24, 2.45) is 7.05 Å². The highest BCUT2D eigenvalue weighted by molar-refractivity contribution is 6.28. The highest BCUT2D eigenvalue weighted by atomic mass is 35.5. The highest BCUT2D eigenvalue weighted by Crippen LogP contribution is 2.25. The fourth-order valence-corrected chi connectivity index (χ4v) is 2.08. The number of aromatic nitrogens is 4. The van der Waals surface area contributed by atoms with Crippen LogP contribution in [0.1, 0.15) is 12.0 Å². The summed E-state index contributed by atoms with van der Waals surface area (Å²) in [4.78, 5) is 12.4. The Hall–Kier alpha value is -2.28. The van der Waals surface area contributed by atoms with Gasteiger partial charge in [-0.15, -0.1) is 0 Å². The van der Waals surface area contributed by atoms with Crippen molar-refractivity contribution in [3.05, 3.63) is 41.4 Å². The number of nitrogens with zero attached hydrogens (tertiary/aromatic N) is 4. The van der Waals surface area contributed by atoms with Gasteiger partial charge in [0.25, 0.3) is 6.43 Å². The molecule has 21 heavy (non-hydrogen) atoms. The summed E-state index contributed by atoms with van der Waals surface area (Å²) in [5, 5.41) is 3.09. The molecule has 0 amide bonds. The number of fused-ring (bicyclic) bond motifs is 1. The Kier molecular flexibility index (Phi) is 3.42. The summed E-state index contributed by atoms with van der Waals surface area (Å²) in [7, 11) is 1.79. The lowest BCUT2D eigenvalue weighted by Gasteiger charge is -2.07. The lowest BCUT2D eigenvalue weighted by molar-refractivity contribution is 0.151. The molecule has 2 heterocycles. The summed E-state index contributed by atoms with van der Waals surface area (Å²) in [5.74, 6) is 0.426. The number of benzene rings is 1. The van der Waals surface area contributed by atoms with Crippen LogP contribution in [0.5, 0.6) is 0 Å². The van der Waals surface area contributed by atoms with Crippen LogP contribution in [0.25, 0.3) is 11.2 Å². The first-order chi connectivity index (χ1) is 10.0. The predicted octanol–water partition coefficient (Wildman–Crippen LogP) is 3.70. The van der Waals surface area contributed by atoms with Crippen LogP contribution in [0.3, 0.4) is 0 Å². The zero-order chi connectivity index (χ0) is 15.0. The van der Waals surface area contributed by atoms with Crippen molar-refractivity contribution in [1.82, 2.24) is 19.5 Å². The third kappa shape index (κ3) is 2.64. The average molecular weight is 310 g/mol. The van der Waals surface area contributed by atoms with Crippen molar-refractivity contribution in [2.75, 3.05) is 5.32 Å². The van der Waals surface area contributed by atoms with Crippen molar-refractivity contribution >= 4 is 34.3 Å². The Labute approximate surface area is 123 Å². The number of anilines is 2. The molecule has 0 bridgehead atoms. The molecule has 1 N–H and O–H groups in total. The molecule has 3 rings (SSSR count). The smallest absolute Gasteiger partial charge is 0.263 e. The SMILES string of the molecule is Cn1cnc2c(Nc3ccc(C(F)F)cc3)nc(Cl)nc21. The topological polar surface area (TPSA) is 55.6 Å². The van der Waals surface area contributed by atoms with Crippen molar-refractivity contribution in [3.63, 3.8) is 0 Å². The Morgan fingerprint density at radius 3 is 2.57 bits per heavy atom. The lowest BCUT2D eigenvalue weighted by Crippen LogP contribution is -1.98. The molecule has 2 aromatic heterocycles. The van der Waals surface area contributed by atoms with E-state index in [2.05, 4.69) is 20.3 Å². The Morgan fingerprint density at radius 2 is 1.90 bits per heavy atom. The quantitative estimate of drug-likeness (QED) is 0.750. The van der Waals surface area contributed by atoms with Crippen LogP contribution >= 0.6 is 11.6 Å². The molecule has 0 aliphatic heterocycles. The van der Waals surface area contributed by atoms with E-state index in [4.69, 9.17) is 11.6 Å². The molecule has 0 spiro atoms. The summed E-state index contributed by atoms with van der Waals surface area (Å²) in [6.45, 7) is 0. The van der Waals surface area contributed by atoms with Gasteiger partial charge in [-0.05, 0) is 23.7 Å². The maximum atomic E-state index is 12.5. The normalized spacial score (nSPS) is 11.3. The van der Waals surface area contributed by atoms with Crippen molar-refractivity contribution in [2.45, 2.75) is 6.43 Å². The summed E-state index contributed by atoms with van der Waals surface area (Å²) in [6.07, 6.45) is -0.893. The van der Waals surface area contributed by atoms with Crippen molar-refractivity contribution in [1.29, 1.82) is 0 Å². The largest absolute Gasteiger partial charge is 0.338 e. The lowest BCUT2D eigenvalue weighted by atomic mass is 10.2. The monoisotopic (exact) mass is 309 g/mol. The molecular weight excluding hydrogens is 300 g/mol. The Morgan fingerprint density at radius 1 is 1.19 bits per heavy atom. The van der Waals surface area contributed by atoms with E-state index in [1.807, 2.05) is 0 Å². The fourth-order valence-electron chi connectivity index (χ4n) is 1.92. The van der Waals surface area contributed by atoms with E-state index in [9.17, 15) is 8.78 Å². The van der Waals surface area contributed by atoms with Gasteiger partial charge in [0, 0.05) is 18.3 Å². The number of alkyl halides is 2.